The van der Waals surface area contributed by atoms with Crippen LogP contribution >= 0.6 is 11.5 Å². The summed E-state index contributed by atoms with van der Waals surface area (Å²) in [6, 6.07) is 13.7. The Balaban J connectivity index is 1.27. The molecule has 1 aliphatic heterocycles. The van der Waals surface area contributed by atoms with Gasteiger partial charge < -0.3 is 10.6 Å². The van der Waals surface area contributed by atoms with Crippen molar-refractivity contribution in [1.29, 1.82) is 0 Å². The van der Waals surface area contributed by atoms with Crippen LogP contribution in [0.4, 0.5) is 31.0 Å². The molecule has 2 aromatic carbocycles. The third kappa shape index (κ3) is 5.71. The number of fused-ring (bicyclic) bond motifs is 1. The van der Waals surface area contributed by atoms with Crippen molar-refractivity contribution in [3.63, 3.8) is 0 Å². The largest absolute Gasteiger partial charge is 0.329 e. The standard InChI is InChI=1S/C24H23F2N7O3S2/c1-14-22(24(37-31-14)30-21-10-27-18-7-2-3-8-19(18)29-21)23(34)28-15-5-4-6-16(9-15)32-38(35,36)17-11-33(12-17)13-20(25)26/h2-10,17,20,32H,11-13H2,1H3,(H,28,34)(H,29,30). The molecule has 5 rings (SSSR count). The zero-order valence-corrected chi connectivity index (χ0v) is 21.7. The predicted molar refractivity (Wildman–Crippen MR) is 143 cm³/mol. The Bertz CT molecular complexity index is 1590. The van der Waals surface area contributed by atoms with E-state index >= 15 is 0 Å². The summed E-state index contributed by atoms with van der Waals surface area (Å²) >= 11 is 1.11. The highest BCUT2D eigenvalue weighted by Gasteiger charge is 2.38. The van der Waals surface area contributed by atoms with E-state index in [1.54, 1.807) is 31.3 Å². The van der Waals surface area contributed by atoms with Gasteiger partial charge in [-0.15, -0.1) is 0 Å². The maximum absolute atomic E-state index is 13.2. The van der Waals surface area contributed by atoms with Gasteiger partial charge in [0.1, 0.15) is 16.1 Å². The number of hydrogen-bond acceptors (Lipinski definition) is 9. The highest BCUT2D eigenvalue weighted by atomic mass is 32.2. The fourth-order valence-electron chi connectivity index (χ4n) is 4.02. The average molecular weight is 560 g/mol. The molecule has 0 aliphatic carbocycles. The van der Waals surface area contributed by atoms with E-state index in [4.69, 9.17) is 0 Å². The van der Waals surface area contributed by atoms with Gasteiger partial charge in [-0.2, -0.15) is 4.37 Å². The number of nitrogens with one attached hydrogen (secondary N) is 3. The summed E-state index contributed by atoms with van der Waals surface area (Å²) in [5.41, 5.74) is 2.90. The van der Waals surface area contributed by atoms with E-state index < -0.39 is 34.2 Å². The van der Waals surface area contributed by atoms with E-state index in [0.29, 0.717) is 33.3 Å². The SMILES string of the molecule is Cc1nsc(Nc2cnc3ccccc3n2)c1C(=O)Nc1cccc(NS(=O)(=O)C2CN(CC(F)F)C2)c1. The molecule has 38 heavy (non-hydrogen) atoms. The van der Waals surface area contributed by atoms with E-state index in [1.807, 2.05) is 24.3 Å². The highest BCUT2D eigenvalue weighted by molar-refractivity contribution is 7.93. The molecule has 1 aliphatic rings. The topological polar surface area (TPSA) is 129 Å². The summed E-state index contributed by atoms with van der Waals surface area (Å²) in [6.45, 7) is 1.34. The number of para-hydroxylation sites is 2. The van der Waals surface area contributed by atoms with Crippen LogP contribution in [0.1, 0.15) is 16.1 Å². The van der Waals surface area contributed by atoms with Crippen LogP contribution in [0.2, 0.25) is 0 Å². The zero-order valence-electron chi connectivity index (χ0n) is 20.1. The minimum atomic E-state index is -3.78. The molecule has 10 nitrogen and oxygen atoms in total. The summed E-state index contributed by atoms with van der Waals surface area (Å²) in [6.07, 6.45) is -0.936. The van der Waals surface area contributed by atoms with Gasteiger partial charge in [0, 0.05) is 18.8 Å². The molecule has 2 aromatic heterocycles. The van der Waals surface area contributed by atoms with Gasteiger partial charge in [0.05, 0.1) is 40.7 Å². The van der Waals surface area contributed by atoms with Crippen molar-refractivity contribution in [3.05, 3.63) is 66.0 Å². The lowest BCUT2D eigenvalue weighted by Crippen LogP contribution is -2.57. The summed E-state index contributed by atoms with van der Waals surface area (Å²) in [4.78, 5) is 23.5. The Morgan fingerprint density at radius 2 is 1.87 bits per heavy atom. The van der Waals surface area contributed by atoms with Crippen molar-refractivity contribution < 1.29 is 22.0 Å². The number of aromatic nitrogens is 3. The van der Waals surface area contributed by atoms with Gasteiger partial charge in [0.25, 0.3) is 12.3 Å². The summed E-state index contributed by atoms with van der Waals surface area (Å²) < 4.78 is 57.0. The normalized spacial score (nSPS) is 14.4. The molecule has 0 spiro atoms. The molecular weight excluding hydrogens is 536 g/mol. The van der Waals surface area contributed by atoms with Gasteiger partial charge in [-0.25, -0.2) is 22.2 Å². The van der Waals surface area contributed by atoms with E-state index in [1.165, 1.54) is 11.0 Å². The van der Waals surface area contributed by atoms with Gasteiger partial charge in [-0.1, -0.05) is 18.2 Å². The average Bonchev–Trinajstić information content (AvgIpc) is 3.20. The Hall–Kier alpha value is -3.75. The quantitative estimate of drug-likeness (QED) is 0.280. The minimum absolute atomic E-state index is 0.0396. The fraction of sp³-hybridized carbons (Fsp3) is 0.250. The van der Waals surface area contributed by atoms with Crippen LogP contribution in [0.25, 0.3) is 11.0 Å². The number of aryl methyl sites for hydroxylation is 1. The molecule has 0 radical (unpaired) electrons. The molecule has 0 unspecified atom stereocenters. The number of benzene rings is 2. The van der Waals surface area contributed by atoms with Crippen LogP contribution in [-0.2, 0) is 10.0 Å². The second-order valence-corrected chi connectivity index (χ2v) is 11.5. The van der Waals surface area contributed by atoms with Gasteiger partial charge >= 0.3 is 0 Å². The lowest BCUT2D eigenvalue weighted by atomic mass is 10.2. The van der Waals surface area contributed by atoms with Crippen molar-refractivity contribution >= 4 is 60.7 Å². The maximum atomic E-state index is 13.2. The monoisotopic (exact) mass is 559 g/mol. The van der Waals surface area contributed by atoms with Crippen molar-refractivity contribution in [1.82, 2.24) is 19.2 Å². The van der Waals surface area contributed by atoms with Crippen LogP contribution in [0.3, 0.4) is 0 Å². The van der Waals surface area contributed by atoms with Crippen molar-refractivity contribution in [2.45, 2.75) is 18.6 Å². The Kier molecular flexibility index (Phi) is 7.19. The first kappa shape index (κ1) is 25.9. The van der Waals surface area contributed by atoms with Crippen LogP contribution in [0.15, 0.2) is 54.7 Å². The first-order chi connectivity index (χ1) is 18.2. The number of rotatable bonds is 9. The summed E-state index contributed by atoms with van der Waals surface area (Å²) in [5, 5.41) is 5.59. The molecule has 0 saturated carbocycles. The van der Waals surface area contributed by atoms with Crippen molar-refractivity contribution in [3.8, 4) is 0 Å². The molecule has 1 amide bonds. The molecular formula is C24H23F2N7O3S2. The molecule has 1 fully saturated rings. The predicted octanol–water partition coefficient (Wildman–Crippen LogP) is 4.08. The first-order valence-corrected chi connectivity index (χ1v) is 13.9. The molecule has 198 valence electrons. The van der Waals surface area contributed by atoms with Crippen LogP contribution < -0.4 is 15.4 Å². The number of carbonyl (C=O) groups excluding carboxylic acids is 1. The number of alkyl halides is 2. The number of halogens is 2. The van der Waals surface area contributed by atoms with Crippen LogP contribution in [0, 0.1) is 6.92 Å². The van der Waals surface area contributed by atoms with Gasteiger partial charge in [0.15, 0.2) is 0 Å². The second kappa shape index (κ2) is 10.6. The number of carbonyl (C=O) groups is 1. The molecule has 1 saturated heterocycles. The van der Waals surface area contributed by atoms with E-state index in [2.05, 4.69) is 29.7 Å². The summed E-state index contributed by atoms with van der Waals surface area (Å²) in [7, 11) is -3.78. The number of sulfonamides is 1. The zero-order chi connectivity index (χ0) is 26.9. The number of nitrogens with zero attached hydrogens (tertiary/aromatic N) is 4. The minimum Gasteiger partial charge on any atom is -0.329 e. The van der Waals surface area contributed by atoms with E-state index in [-0.39, 0.29) is 18.8 Å². The molecule has 14 heteroatoms. The first-order valence-electron chi connectivity index (χ1n) is 11.6. The third-order valence-corrected chi connectivity index (χ3v) is 8.47. The fourth-order valence-corrected chi connectivity index (χ4v) is 6.26. The number of hydrogen-bond donors (Lipinski definition) is 3. The van der Waals surface area contributed by atoms with Gasteiger partial charge in [-0.3, -0.25) is 19.4 Å². The van der Waals surface area contributed by atoms with Crippen LogP contribution in [0.5, 0.6) is 0 Å². The smallest absolute Gasteiger partial charge is 0.260 e. The molecule has 4 aromatic rings. The van der Waals surface area contributed by atoms with Crippen molar-refractivity contribution in [2.24, 2.45) is 0 Å². The third-order valence-electron chi connectivity index (χ3n) is 5.92. The lowest BCUT2D eigenvalue weighted by molar-refractivity contribution is 0.0606. The van der Waals surface area contributed by atoms with Gasteiger partial charge in [0.2, 0.25) is 10.0 Å². The number of anilines is 4. The van der Waals surface area contributed by atoms with Crippen molar-refractivity contribution in [2.75, 3.05) is 35.0 Å². The Labute approximate surface area is 221 Å². The maximum Gasteiger partial charge on any atom is 0.260 e. The lowest BCUT2D eigenvalue weighted by Gasteiger charge is -2.38. The molecule has 3 heterocycles. The number of amides is 1. The van der Waals surface area contributed by atoms with E-state index in [9.17, 15) is 22.0 Å². The van der Waals surface area contributed by atoms with Crippen LogP contribution in [-0.4, -0.2) is 64.9 Å². The Morgan fingerprint density at radius 3 is 2.63 bits per heavy atom. The Morgan fingerprint density at radius 1 is 1.13 bits per heavy atom. The van der Waals surface area contributed by atoms with E-state index in [0.717, 1.165) is 17.0 Å². The highest BCUT2D eigenvalue weighted by Crippen LogP contribution is 2.29. The summed E-state index contributed by atoms with van der Waals surface area (Å²) in [5.74, 6) is 0.0232. The second-order valence-electron chi connectivity index (χ2n) is 8.75. The molecule has 3 N–H and O–H groups in total. The molecule has 0 atom stereocenters. The molecule has 0 bridgehead atoms. The number of likely N-dealkylation sites (tertiary alicyclic amines) is 1. The van der Waals surface area contributed by atoms with Gasteiger partial charge in [-0.05, 0) is 48.8 Å².